The zero-order valence-electron chi connectivity index (χ0n) is 10.4. The lowest BCUT2D eigenvalue weighted by Crippen LogP contribution is -2.12. The molecular formula is C15H13NO2S. The van der Waals surface area contributed by atoms with Gasteiger partial charge in [-0.1, -0.05) is 36.1 Å². The van der Waals surface area contributed by atoms with Gasteiger partial charge in [0.2, 0.25) is 10.0 Å². The maximum atomic E-state index is 11.3. The van der Waals surface area contributed by atoms with Gasteiger partial charge in [0.15, 0.2) is 0 Å². The van der Waals surface area contributed by atoms with Crippen LogP contribution in [0, 0.1) is 18.8 Å². The van der Waals surface area contributed by atoms with Crippen LogP contribution >= 0.6 is 0 Å². The molecule has 0 saturated heterocycles. The van der Waals surface area contributed by atoms with E-state index >= 15 is 0 Å². The molecule has 2 N–H and O–H groups in total. The number of aryl methyl sites for hydroxylation is 1. The highest BCUT2D eigenvalue weighted by Gasteiger charge is 2.08. The van der Waals surface area contributed by atoms with E-state index in [2.05, 4.69) is 11.8 Å². The molecule has 2 aromatic carbocycles. The monoisotopic (exact) mass is 271 g/mol. The molecule has 0 aromatic heterocycles. The lowest BCUT2D eigenvalue weighted by molar-refractivity contribution is 0.598. The van der Waals surface area contributed by atoms with Gasteiger partial charge in [-0.2, -0.15) is 0 Å². The van der Waals surface area contributed by atoms with Gasteiger partial charge in [0.25, 0.3) is 0 Å². The quantitative estimate of drug-likeness (QED) is 0.807. The lowest BCUT2D eigenvalue weighted by Gasteiger charge is -2.02. The summed E-state index contributed by atoms with van der Waals surface area (Å²) in [4.78, 5) is 0.0791. The second-order valence-electron chi connectivity index (χ2n) is 4.14. The average Bonchev–Trinajstić information content (AvgIpc) is 2.37. The third-order valence-corrected chi connectivity index (χ3v) is 3.56. The molecule has 0 heterocycles. The zero-order valence-corrected chi connectivity index (χ0v) is 11.2. The van der Waals surface area contributed by atoms with Crippen molar-refractivity contribution in [3.8, 4) is 11.8 Å². The second-order valence-corrected chi connectivity index (χ2v) is 5.70. The van der Waals surface area contributed by atoms with E-state index < -0.39 is 10.0 Å². The van der Waals surface area contributed by atoms with Gasteiger partial charge >= 0.3 is 0 Å². The van der Waals surface area contributed by atoms with E-state index in [1.807, 2.05) is 37.3 Å². The highest BCUT2D eigenvalue weighted by Crippen LogP contribution is 2.13. The second kappa shape index (κ2) is 5.27. The first kappa shape index (κ1) is 13.3. The Labute approximate surface area is 113 Å². The molecule has 2 aromatic rings. The Morgan fingerprint density at radius 2 is 1.68 bits per heavy atom. The summed E-state index contributed by atoms with van der Waals surface area (Å²) in [6.45, 7) is 1.88. The molecule has 0 atom stereocenters. The van der Waals surface area contributed by atoms with Gasteiger partial charge in [-0.15, -0.1) is 0 Å². The molecule has 0 aliphatic rings. The molecular weight excluding hydrogens is 258 g/mol. The van der Waals surface area contributed by atoms with Crippen LogP contribution in [0.15, 0.2) is 53.4 Å². The van der Waals surface area contributed by atoms with Gasteiger partial charge in [-0.25, -0.2) is 13.6 Å². The van der Waals surface area contributed by atoms with Crippen LogP contribution < -0.4 is 5.14 Å². The first-order valence-corrected chi connectivity index (χ1v) is 7.22. The van der Waals surface area contributed by atoms with E-state index in [1.54, 1.807) is 6.07 Å². The van der Waals surface area contributed by atoms with Crippen LogP contribution in [0.2, 0.25) is 0 Å². The van der Waals surface area contributed by atoms with Crippen molar-refractivity contribution in [2.24, 2.45) is 5.14 Å². The van der Waals surface area contributed by atoms with Crippen molar-refractivity contribution in [1.29, 1.82) is 0 Å². The van der Waals surface area contributed by atoms with E-state index in [9.17, 15) is 8.42 Å². The first-order valence-electron chi connectivity index (χ1n) is 5.67. The van der Waals surface area contributed by atoms with Crippen LogP contribution in [0.3, 0.4) is 0 Å². The molecule has 0 aliphatic carbocycles. The molecule has 2 rings (SSSR count). The Morgan fingerprint density at radius 3 is 2.32 bits per heavy atom. The first-order chi connectivity index (χ1) is 8.97. The maximum Gasteiger partial charge on any atom is 0.238 e. The van der Waals surface area contributed by atoms with E-state index in [0.29, 0.717) is 5.56 Å². The summed E-state index contributed by atoms with van der Waals surface area (Å²) in [6.07, 6.45) is 0. The van der Waals surface area contributed by atoms with Crippen molar-refractivity contribution in [1.82, 2.24) is 0 Å². The van der Waals surface area contributed by atoms with E-state index in [4.69, 9.17) is 5.14 Å². The van der Waals surface area contributed by atoms with Gasteiger partial charge in [-0.3, -0.25) is 0 Å². The predicted molar refractivity (Wildman–Crippen MR) is 75.0 cm³/mol. The molecule has 0 radical (unpaired) electrons. The largest absolute Gasteiger partial charge is 0.238 e. The Morgan fingerprint density at radius 1 is 1.00 bits per heavy atom. The number of hydrogen-bond donors (Lipinski definition) is 1. The summed E-state index contributed by atoms with van der Waals surface area (Å²) in [6, 6.07) is 14.2. The van der Waals surface area contributed by atoms with Crippen molar-refractivity contribution in [3.63, 3.8) is 0 Å². The molecule has 4 heteroatoms. The average molecular weight is 271 g/mol. The smallest absolute Gasteiger partial charge is 0.225 e. The highest BCUT2D eigenvalue weighted by molar-refractivity contribution is 7.89. The standard InChI is InChI=1S/C15H13NO2S/c1-12-7-10-15(19(16,17)18)11-14(12)9-8-13-5-3-2-4-6-13/h2-7,10-11H,1H3,(H2,16,17,18). The Bertz CT molecular complexity index is 754. The van der Waals surface area contributed by atoms with Gasteiger partial charge in [0, 0.05) is 11.1 Å². The molecule has 0 unspecified atom stereocenters. The molecule has 3 nitrogen and oxygen atoms in total. The zero-order chi connectivity index (χ0) is 13.9. The van der Waals surface area contributed by atoms with E-state index in [-0.39, 0.29) is 4.90 Å². The van der Waals surface area contributed by atoms with Crippen LogP contribution in [0.4, 0.5) is 0 Å². The van der Waals surface area contributed by atoms with Crippen LogP contribution in [0.25, 0.3) is 0 Å². The molecule has 0 bridgehead atoms. The Kier molecular flexibility index (Phi) is 3.70. The number of nitrogens with two attached hydrogens (primary N) is 1. The van der Waals surface area contributed by atoms with Crippen LogP contribution in [-0.4, -0.2) is 8.42 Å². The van der Waals surface area contributed by atoms with Crippen LogP contribution in [-0.2, 0) is 10.0 Å². The number of sulfonamides is 1. The summed E-state index contributed by atoms with van der Waals surface area (Å²) in [5, 5.41) is 5.11. The molecule has 0 spiro atoms. The highest BCUT2D eigenvalue weighted by atomic mass is 32.2. The van der Waals surface area contributed by atoms with Crippen molar-refractivity contribution in [2.45, 2.75) is 11.8 Å². The van der Waals surface area contributed by atoms with Crippen molar-refractivity contribution < 1.29 is 8.42 Å². The van der Waals surface area contributed by atoms with Crippen molar-refractivity contribution in [2.75, 3.05) is 0 Å². The summed E-state index contributed by atoms with van der Waals surface area (Å²) < 4.78 is 22.6. The summed E-state index contributed by atoms with van der Waals surface area (Å²) >= 11 is 0. The summed E-state index contributed by atoms with van der Waals surface area (Å²) in [5.41, 5.74) is 2.45. The van der Waals surface area contributed by atoms with E-state index in [1.165, 1.54) is 12.1 Å². The Balaban J connectivity index is 2.44. The minimum atomic E-state index is -3.69. The SMILES string of the molecule is Cc1ccc(S(N)(=O)=O)cc1C#Cc1ccccc1. The lowest BCUT2D eigenvalue weighted by atomic mass is 10.1. The number of primary sulfonamides is 1. The molecule has 19 heavy (non-hydrogen) atoms. The normalized spacial score (nSPS) is 10.6. The minimum absolute atomic E-state index is 0.0791. The van der Waals surface area contributed by atoms with Crippen LogP contribution in [0.5, 0.6) is 0 Å². The van der Waals surface area contributed by atoms with Gasteiger partial charge < -0.3 is 0 Å². The number of rotatable bonds is 1. The third-order valence-electron chi connectivity index (χ3n) is 2.65. The topological polar surface area (TPSA) is 60.2 Å². The van der Waals surface area contributed by atoms with Gasteiger partial charge in [0.05, 0.1) is 4.90 Å². The molecule has 0 saturated carbocycles. The van der Waals surface area contributed by atoms with Crippen molar-refractivity contribution in [3.05, 3.63) is 65.2 Å². The van der Waals surface area contributed by atoms with Crippen molar-refractivity contribution >= 4 is 10.0 Å². The summed E-state index contributed by atoms with van der Waals surface area (Å²) in [7, 11) is -3.69. The van der Waals surface area contributed by atoms with E-state index in [0.717, 1.165) is 11.1 Å². The minimum Gasteiger partial charge on any atom is -0.225 e. The van der Waals surface area contributed by atoms with Crippen LogP contribution in [0.1, 0.15) is 16.7 Å². The molecule has 96 valence electrons. The maximum absolute atomic E-state index is 11.3. The predicted octanol–water partition coefficient (Wildman–Crippen LogP) is 2.04. The fourth-order valence-electron chi connectivity index (χ4n) is 1.57. The third kappa shape index (κ3) is 3.44. The van der Waals surface area contributed by atoms with Gasteiger partial charge in [-0.05, 0) is 36.8 Å². The molecule has 0 fully saturated rings. The number of benzene rings is 2. The number of hydrogen-bond acceptors (Lipinski definition) is 2. The fraction of sp³-hybridized carbons (Fsp3) is 0.0667. The van der Waals surface area contributed by atoms with Gasteiger partial charge in [0.1, 0.15) is 0 Å². The molecule has 0 aliphatic heterocycles. The Hall–Kier alpha value is -2.09. The summed E-state index contributed by atoms with van der Waals surface area (Å²) in [5.74, 6) is 5.97. The fourth-order valence-corrected chi connectivity index (χ4v) is 2.11. The molecule has 0 amide bonds.